The van der Waals surface area contributed by atoms with E-state index in [1.165, 1.54) is 0 Å². The third-order valence-electron chi connectivity index (χ3n) is 3.17. The zero-order valence-electron chi connectivity index (χ0n) is 12.0. The minimum Gasteiger partial charge on any atom is -0.495 e. The Labute approximate surface area is 137 Å². The van der Waals surface area contributed by atoms with Crippen LogP contribution < -0.4 is 10.1 Å². The number of hydrogen-bond donors (Lipinski definition) is 1. The summed E-state index contributed by atoms with van der Waals surface area (Å²) in [6.45, 7) is 4.57. The first kappa shape index (κ1) is 15.9. The molecule has 0 aliphatic heterocycles. The summed E-state index contributed by atoms with van der Waals surface area (Å²) in [4.78, 5) is 12.4. The van der Waals surface area contributed by atoms with Crippen molar-refractivity contribution in [2.75, 3.05) is 12.4 Å². The fraction of sp³-hybridized carbons (Fsp3) is 0.267. The Hall–Kier alpha value is -1.46. The van der Waals surface area contributed by atoms with Crippen LogP contribution in [0.3, 0.4) is 0 Å². The summed E-state index contributed by atoms with van der Waals surface area (Å²) in [7, 11) is 1.54. The number of carbonyl (C=O) groups excluding carboxylic acids is 1. The van der Waals surface area contributed by atoms with Gasteiger partial charge in [-0.2, -0.15) is 0 Å². The molecule has 0 saturated heterocycles. The summed E-state index contributed by atoms with van der Waals surface area (Å²) < 4.78 is 8.00. The lowest BCUT2D eigenvalue weighted by Gasteiger charge is -2.13. The smallest absolute Gasteiger partial charge is 0.272 e. The van der Waals surface area contributed by atoms with Crippen LogP contribution >= 0.6 is 27.5 Å². The number of anilines is 1. The van der Waals surface area contributed by atoms with E-state index in [0.29, 0.717) is 28.7 Å². The summed E-state index contributed by atoms with van der Waals surface area (Å²) in [5, 5.41) is 3.47. The lowest BCUT2D eigenvalue weighted by Crippen LogP contribution is -2.17. The molecule has 0 saturated carbocycles. The minimum absolute atomic E-state index is 0.192. The molecule has 4 nitrogen and oxygen atoms in total. The minimum atomic E-state index is -0.192. The molecule has 0 atom stereocenters. The molecule has 1 heterocycles. The molecular weight excluding hydrogens is 356 g/mol. The largest absolute Gasteiger partial charge is 0.495 e. The molecule has 1 aromatic carbocycles. The van der Waals surface area contributed by atoms with Gasteiger partial charge < -0.3 is 14.6 Å². The van der Waals surface area contributed by atoms with Crippen LogP contribution in [0.15, 0.2) is 28.9 Å². The molecular formula is C15H16BrClN2O2. The standard InChI is InChI=1S/C15H16BrClN2O2/c1-4-19-8-10(16)6-13(19)15(20)18-12-5-9(2)11(17)7-14(12)21-3/h5-8H,4H2,1-3H3,(H,18,20). The molecule has 6 heteroatoms. The van der Waals surface area contributed by atoms with Crippen LogP contribution in [0.2, 0.25) is 5.02 Å². The highest BCUT2D eigenvalue weighted by atomic mass is 79.9. The highest BCUT2D eigenvalue weighted by molar-refractivity contribution is 9.10. The SMILES string of the molecule is CCn1cc(Br)cc1C(=O)Nc1cc(C)c(Cl)cc1OC. The summed E-state index contributed by atoms with van der Waals surface area (Å²) in [5.41, 5.74) is 2.06. The number of methoxy groups -OCH3 is 1. The quantitative estimate of drug-likeness (QED) is 0.860. The van der Waals surface area contributed by atoms with Crippen LogP contribution in [-0.2, 0) is 6.54 Å². The highest BCUT2D eigenvalue weighted by Gasteiger charge is 2.15. The predicted octanol–water partition coefficient (Wildman–Crippen LogP) is 4.49. The molecule has 1 aromatic heterocycles. The average Bonchev–Trinajstić information content (AvgIpc) is 2.83. The molecule has 0 aliphatic rings. The van der Waals surface area contributed by atoms with Gasteiger partial charge in [0.2, 0.25) is 0 Å². The van der Waals surface area contributed by atoms with Gasteiger partial charge in [-0.25, -0.2) is 0 Å². The highest BCUT2D eigenvalue weighted by Crippen LogP contribution is 2.31. The van der Waals surface area contributed by atoms with E-state index in [1.807, 2.05) is 24.6 Å². The Kier molecular flexibility index (Phi) is 4.96. The van der Waals surface area contributed by atoms with E-state index in [0.717, 1.165) is 10.0 Å². The van der Waals surface area contributed by atoms with Crippen LogP contribution in [-0.4, -0.2) is 17.6 Å². The van der Waals surface area contributed by atoms with Crippen LogP contribution in [0, 0.1) is 6.92 Å². The fourth-order valence-electron chi connectivity index (χ4n) is 2.04. The van der Waals surface area contributed by atoms with E-state index in [1.54, 1.807) is 25.3 Å². The van der Waals surface area contributed by atoms with Gasteiger partial charge in [0.15, 0.2) is 0 Å². The molecule has 0 radical (unpaired) electrons. The molecule has 112 valence electrons. The lowest BCUT2D eigenvalue weighted by atomic mass is 10.2. The van der Waals surface area contributed by atoms with E-state index < -0.39 is 0 Å². The average molecular weight is 372 g/mol. The summed E-state index contributed by atoms with van der Waals surface area (Å²) in [6, 6.07) is 5.28. The number of rotatable bonds is 4. The Bertz CT molecular complexity index is 683. The van der Waals surface area contributed by atoms with E-state index in [4.69, 9.17) is 16.3 Å². The maximum absolute atomic E-state index is 12.4. The van der Waals surface area contributed by atoms with Crippen molar-refractivity contribution in [2.24, 2.45) is 0 Å². The lowest BCUT2D eigenvalue weighted by molar-refractivity contribution is 0.101. The monoisotopic (exact) mass is 370 g/mol. The molecule has 0 aliphatic carbocycles. The van der Waals surface area contributed by atoms with Gasteiger partial charge >= 0.3 is 0 Å². The zero-order valence-corrected chi connectivity index (χ0v) is 14.4. The van der Waals surface area contributed by atoms with Gasteiger partial charge in [-0.05, 0) is 47.5 Å². The molecule has 0 unspecified atom stereocenters. The van der Waals surface area contributed by atoms with Crippen LogP contribution in [0.5, 0.6) is 5.75 Å². The molecule has 0 bridgehead atoms. The Morgan fingerprint density at radius 3 is 2.76 bits per heavy atom. The van der Waals surface area contributed by atoms with Crippen LogP contribution in [0.4, 0.5) is 5.69 Å². The number of nitrogens with zero attached hydrogens (tertiary/aromatic N) is 1. The third-order valence-corrected chi connectivity index (χ3v) is 4.01. The van der Waals surface area contributed by atoms with Gasteiger partial charge in [0.25, 0.3) is 5.91 Å². The predicted molar refractivity (Wildman–Crippen MR) is 88.5 cm³/mol. The molecule has 1 amide bonds. The van der Waals surface area contributed by atoms with E-state index in [9.17, 15) is 4.79 Å². The van der Waals surface area contributed by atoms with Gasteiger partial charge in [0.1, 0.15) is 11.4 Å². The van der Waals surface area contributed by atoms with Crippen molar-refractivity contribution in [3.63, 3.8) is 0 Å². The van der Waals surface area contributed by atoms with Crippen molar-refractivity contribution >= 4 is 39.1 Å². The number of nitrogens with one attached hydrogen (secondary N) is 1. The fourth-order valence-corrected chi connectivity index (χ4v) is 2.66. The number of aryl methyl sites for hydroxylation is 2. The van der Waals surface area contributed by atoms with Gasteiger partial charge in [0.05, 0.1) is 12.8 Å². The van der Waals surface area contributed by atoms with E-state index >= 15 is 0 Å². The summed E-state index contributed by atoms with van der Waals surface area (Å²) >= 11 is 9.45. The van der Waals surface area contributed by atoms with Gasteiger partial charge in [0, 0.05) is 28.3 Å². The van der Waals surface area contributed by atoms with Crippen LogP contribution in [0.1, 0.15) is 23.0 Å². The van der Waals surface area contributed by atoms with Gasteiger partial charge in [-0.1, -0.05) is 11.6 Å². The first-order valence-corrected chi connectivity index (χ1v) is 7.64. The number of amides is 1. The van der Waals surface area contributed by atoms with Crippen molar-refractivity contribution in [3.05, 3.63) is 45.1 Å². The van der Waals surface area contributed by atoms with Crippen molar-refractivity contribution in [2.45, 2.75) is 20.4 Å². The molecule has 2 rings (SSSR count). The van der Waals surface area contributed by atoms with E-state index in [2.05, 4.69) is 21.2 Å². The van der Waals surface area contributed by atoms with Crippen LogP contribution in [0.25, 0.3) is 0 Å². The maximum Gasteiger partial charge on any atom is 0.272 e. The normalized spacial score (nSPS) is 10.5. The molecule has 0 fully saturated rings. The second kappa shape index (κ2) is 6.54. The van der Waals surface area contributed by atoms with Gasteiger partial charge in [-0.15, -0.1) is 0 Å². The Morgan fingerprint density at radius 1 is 1.43 bits per heavy atom. The molecule has 2 aromatic rings. The number of hydrogen-bond acceptors (Lipinski definition) is 2. The first-order chi connectivity index (χ1) is 9.96. The number of carbonyl (C=O) groups is 1. The van der Waals surface area contributed by atoms with Crippen molar-refractivity contribution in [1.29, 1.82) is 0 Å². The Balaban J connectivity index is 2.33. The molecule has 21 heavy (non-hydrogen) atoms. The van der Waals surface area contributed by atoms with Crippen molar-refractivity contribution < 1.29 is 9.53 Å². The first-order valence-electron chi connectivity index (χ1n) is 6.47. The zero-order chi connectivity index (χ0) is 15.6. The second-order valence-electron chi connectivity index (χ2n) is 4.59. The molecule has 1 N–H and O–H groups in total. The number of halogens is 2. The van der Waals surface area contributed by atoms with Crippen molar-refractivity contribution in [1.82, 2.24) is 4.57 Å². The number of aromatic nitrogens is 1. The topological polar surface area (TPSA) is 43.3 Å². The van der Waals surface area contributed by atoms with Crippen molar-refractivity contribution in [3.8, 4) is 5.75 Å². The third kappa shape index (κ3) is 3.41. The van der Waals surface area contributed by atoms with E-state index in [-0.39, 0.29) is 5.91 Å². The molecule has 0 spiro atoms. The number of ether oxygens (including phenoxy) is 1. The summed E-state index contributed by atoms with van der Waals surface area (Å²) in [6.07, 6.45) is 1.87. The van der Waals surface area contributed by atoms with Gasteiger partial charge in [-0.3, -0.25) is 4.79 Å². The Morgan fingerprint density at radius 2 is 2.14 bits per heavy atom. The second-order valence-corrected chi connectivity index (χ2v) is 5.91. The summed E-state index contributed by atoms with van der Waals surface area (Å²) in [5.74, 6) is 0.343. The number of benzene rings is 1. The maximum atomic E-state index is 12.4.